The van der Waals surface area contributed by atoms with Crippen molar-refractivity contribution in [3.63, 3.8) is 0 Å². The van der Waals surface area contributed by atoms with Gasteiger partial charge in [-0.05, 0) is 12.1 Å². The Morgan fingerprint density at radius 1 is 1.41 bits per heavy atom. The molecule has 1 aromatic heterocycles. The number of thioether (sulfide) groups is 1. The van der Waals surface area contributed by atoms with E-state index >= 15 is 0 Å². The molecule has 92 valence electrons. The lowest BCUT2D eigenvalue weighted by atomic mass is 9.91. The summed E-state index contributed by atoms with van der Waals surface area (Å²) in [7, 11) is 0. The molecule has 1 aliphatic rings. The van der Waals surface area contributed by atoms with Crippen LogP contribution in [-0.4, -0.2) is 34.0 Å². The summed E-state index contributed by atoms with van der Waals surface area (Å²) in [6.07, 6.45) is 1.70. The standard InChI is InChI=1S/C13H18N2OS/c1-13(2,3)11-5-4-10(8-14-11)12(16)15-6-7-17-9-15/h4-5,8H,6-7,9H2,1-3H3. The molecule has 0 atom stereocenters. The van der Waals surface area contributed by atoms with Gasteiger partial charge in [0.25, 0.3) is 5.91 Å². The van der Waals surface area contributed by atoms with Crippen LogP contribution in [0.15, 0.2) is 18.3 Å². The molecule has 1 saturated heterocycles. The van der Waals surface area contributed by atoms with Crippen molar-refractivity contribution in [2.45, 2.75) is 26.2 Å². The molecule has 1 aliphatic heterocycles. The Hall–Kier alpha value is -1.03. The highest BCUT2D eigenvalue weighted by atomic mass is 32.2. The molecule has 0 spiro atoms. The van der Waals surface area contributed by atoms with Gasteiger partial charge in [-0.1, -0.05) is 20.8 Å². The maximum absolute atomic E-state index is 12.1. The van der Waals surface area contributed by atoms with Crippen LogP contribution < -0.4 is 0 Å². The van der Waals surface area contributed by atoms with E-state index in [9.17, 15) is 4.79 Å². The number of nitrogens with zero attached hydrogens (tertiary/aromatic N) is 2. The van der Waals surface area contributed by atoms with Crippen molar-refractivity contribution in [2.24, 2.45) is 0 Å². The summed E-state index contributed by atoms with van der Waals surface area (Å²) in [6, 6.07) is 3.84. The van der Waals surface area contributed by atoms with Gasteiger partial charge in [-0.15, -0.1) is 11.8 Å². The molecule has 2 rings (SSSR count). The number of pyridine rings is 1. The highest BCUT2D eigenvalue weighted by Crippen LogP contribution is 2.21. The third-order valence-corrected chi connectivity index (χ3v) is 3.78. The zero-order chi connectivity index (χ0) is 12.5. The molecule has 0 aliphatic carbocycles. The minimum Gasteiger partial charge on any atom is -0.329 e. The monoisotopic (exact) mass is 250 g/mol. The Morgan fingerprint density at radius 2 is 2.18 bits per heavy atom. The molecule has 17 heavy (non-hydrogen) atoms. The maximum Gasteiger partial charge on any atom is 0.256 e. The normalized spacial score (nSPS) is 16.3. The summed E-state index contributed by atoms with van der Waals surface area (Å²) in [4.78, 5) is 18.3. The van der Waals surface area contributed by atoms with Gasteiger partial charge in [-0.3, -0.25) is 9.78 Å². The first kappa shape index (κ1) is 12.4. The zero-order valence-electron chi connectivity index (χ0n) is 10.6. The molecule has 0 radical (unpaired) electrons. The lowest BCUT2D eigenvalue weighted by Crippen LogP contribution is -2.28. The molecule has 0 aromatic carbocycles. The van der Waals surface area contributed by atoms with Gasteiger partial charge in [0.2, 0.25) is 0 Å². The molecule has 4 heteroatoms. The van der Waals surface area contributed by atoms with Crippen LogP contribution in [0.25, 0.3) is 0 Å². The largest absolute Gasteiger partial charge is 0.329 e. The molecule has 0 bridgehead atoms. The predicted octanol–water partition coefficient (Wildman–Crippen LogP) is 2.53. The number of hydrogen-bond acceptors (Lipinski definition) is 3. The number of aromatic nitrogens is 1. The fourth-order valence-electron chi connectivity index (χ4n) is 1.72. The van der Waals surface area contributed by atoms with Crippen molar-refractivity contribution < 1.29 is 4.79 Å². The maximum atomic E-state index is 12.1. The quantitative estimate of drug-likeness (QED) is 0.768. The molecule has 1 fully saturated rings. The van der Waals surface area contributed by atoms with Crippen LogP contribution in [0.5, 0.6) is 0 Å². The summed E-state index contributed by atoms with van der Waals surface area (Å²) in [5.74, 6) is 1.95. The van der Waals surface area contributed by atoms with E-state index in [1.165, 1.54) is 0 Å². The van der Waals surface area contributed by atoms with Gasteiger partial charge in [0, 0.05) is 29.6 Å². The Morgan fingerprint density at radius 3 is 2.65 bits per heavy atom. The first-order valence-corrected chi connectivity index (χ1v) is 6.97. The fraction of sp³-hybridized carbons (Fsp3) is 0.538. The van der Waals surface area contributed by atoms with E-state index in [2.05, 4.69) is 25.8 Å². The molecule has 0 saturated carbocycles. The van der Waals surface area contributed by atoms with Gasteiger partial charge >= 0.3 is 0 Å². The summed E-state index contributed by atoms with van der Waals surface area (Å²) in [5.41, 5.74) is 1.75. The molecular weight excluding hydrogens is 232 g/mol. The highest BCUT2D eigenvalue weighted by Gasteiger charge is 2.21. The fourth-order valence-corrected chi connectivity index (χ4v) is 2.67. The van der Waals surface area contributed by atoms with Crippen molar-refractivity contribution in [1.82, 2.24) is 9.88 Å². The van der Waals surface area contributed by atoms with Crippen molar-refractivity contribution in [1.29, 1.82) is 0 Å². The minimum absolute atomic E-state index is 0.0328. The second-order valence-electron chi connectivity index (χ2n) is 5.29. The molecule has 2 heterocycles. The second-order valence-corrected chi connectivity index (χ2v) is 6.36. The Balaban J connectivity index is 2.15. The average molecular weight is 250 g/mol. The summed E-state index contributed by atoms with van der Waals surface area (Å²) < 4.78 is 0. The second kappa shape index (κ2) is 4.69. The number of carbonyl (C=O) groups excluding carboxylic acids is 1. The Bertz CT molecular complexity index is 402. The van der Waals surface area contributed by atoms with E-state index in [1.807, 2.05) is 17.0 Å². The summed E-state index contributed by atoms with van der Waals surface area (Å²) >= 11 is 1.80. The Kier molecular flexibility index (Phi) is 3.43. The van der Waals surface area contributed by atoms with Crippen LogP contribution in [0.1, 0.15) is 36.8 Å². The molecular formula is C13H18N2OS. The number of rotatable bonds is 1. The summed E-state index contributed by atoms with van der Waals surface area (Å²) in [5, 5.41) is 0. The van der Waals surface area contributed by atoms with Crippen LogP contribution in [0, 0.1) is 0 Å². The third kappa shape index (κ3) is 2.80. The van der Waals surface area contributed by atoms with Crippen LogP contribution in [0.3, 0.4) is 0 Å². The van der Waals surface area contributed by atoms with Crippen LogP contribution in [0.2, 0.25) is 0 Å². The van der Waals surface area contributed by atoms with Gasteiger partial charge in [0.05, 0.1) is 11.4 Å². The minimum atomic E-state index is 0.0328. The zero-order valence-corrected chi connectivity index (χ0v) is 11.4. The van der Waals surface area contributed by atoms with Gasteiger partial charge in [-0.2, -0.15) is 0 Å². The topological polar surface area (TPSA) is 33.2 Å². The van der Waals surface area contributed by atoms with Crippen LogP contribution in [0.4, 0.5) is 0 Å². The van der Waals surface area contributed by atoms with Gasteiger partial charge in [-0.25, -0.2) is 0 Å². The van der Waals surface area contributed by atoms with E-state index in [0.717, 1.165) is 23.9 Å². The lowest BCUT2D eigenvalue weighted by Gasteiger charge is -2.18. The summed E-state index contributed by atoms with van der Waals surface area (Å²) in [6.45, 7) is 7.21. The van der Waals surface area contributed by atoms with Crippen molar-refractivity contribution in [3.05, 3.63) is 29.6 Å². The van der Waals surface area contributed by atoms with E-state index in [4.69, 9.17) is 0 Å². The molecule has 3 nitrogen and oxygen atoms in total. The van der Waals surface area contributed by atoms with E-state index in [1.54, 1.807) is 18.0 Å². The van der Waals surface area contributed by atoms with Crippen molar-refractivity contribution in [3.8, 4) is 0 Å². The smallest absolute Gasteiger partial charge is 0.256 e. The van der Waals surface area contributed by atoms with E-state index in [-0.39, 0.29) is 11.3 Å². The van der Waals surface area contributed by atoms with Gasteiger partial charge in [0.1, 0.15) is 0 Å². The average Bonchev–Trinajstić information content (AvgIpc) is 2.80. The SMILES string of the molecule is CC(C)(C)c1ccc(C(=O)N2CCSC2)cn1. The van der Waals surface area contributed by atoms with E-state index < -0.39 is 0 Å². The Labute approximate surface area is 107 Å². The van der Waals surface area contributed by atoms with Crippen LogP contribution >= 0.6 is 11.8 Å². The molecule has 1 amide bonds. The molecule has 1 aromatic rings. The first-order valence-electron chi connectivity index (χ1n) is 5.82. The molecule has 0 unspecified atom stereocenters. The van der Waals surface area contributed by atoms with E-state index in [0.29, 0.717) is 5.56 Å². The van der Waals surface area contributed by atoms with Crippen molar-refractivity contribution >= 4 is 17.7 Å². The third-order valence-electron chi connectivity index (χ3n) is 2.82. The highest BCUT2D eigenvalue weighted by molar-refractivity contribution is 7.99. The van der Waals surface area contributed by atoms with Gasteiger partial charge in [0.15, 0.2) is 0 Å². The van der Waals surface area contributed by atoms with Gasteiger partial charge < -0.3 is 4.90 Å². The first-order chi connectivity index (χ1) is 7.98. The molecule has 0 N–H and O–H groups in total. The number of amides is 1. The number of carbonyl (C=O) groups is 1. The van der Waals surface area contributed by atoms with Crippen molar-refractivity contribution in [2.75, 3.05) is 18.2 Å². The lowest BCUT2D eigenvalue weighted by molar-refractivity contribution is 0.0802. The number of hydrogen-bond donors (Lipinski definition) is 0. The van der Waals surface area contributed by atoms with Crippen LogP contribution in [-0.2, 0) is 5.41 Å². The predicted molar refractivity (Wildman–Crippen MR) is 71.3 cm³/mol.